The van der Waals surface area contributed by atoms with Gasteiger partial charge in [0.05, 0.1) is 19.5 Å². The molecule has 2 aromatic rings. The van der Waals surface area contributed by atoms with Crippen molar-refractivity contribution >= 4 is 17.7 Å². The molecule has 1 heterocycles. The summed E-state index contributed by atoms with van der Waals surface area (Å²) in [6, 6.07) is 15.3. The number of nitrogens with zero attached hydrogens (tertiary/aromatic N) is 1. The van der Waals surface area contributed by atoms with Gasteiger partial charge in [0.25, 0.3) is 0 Å². The highest BCUT2D eigenvalue weighted by molar-refractivity contribution is 5.89. The van der Waals surface area contributed by atoms with E-state index in [-0.39, 0.29) is 12.0 Å². The number of hydrogen-bond donors (Lipinski definition) is 1. The van der Waals surface area contributed by atoms with Gasteiger partial charge in [-0.15, -0.1) is 0 Å². The van der Waals surface area contributed by atoms with Crippen LogP contribution in [-0.2, 0) is 16.0 Å². The molecule has 26 heavy (non-hydrogen) atoms. The van der Waals surface area contributed by atoms with Crippen LogP contribution >= 0.6 is 0 Å². The largest absolute Gasteiger partial charge is 0.447 e. The maximum absolute atomic E-state index is 11.9. The van der Waals surface area contributed by atoms with E-state index in [4.69, 9.17) is 4.74 Å². The Morgan fingerprint density at radius 3 is 2.73 bits per heavy atom. The Morgan fingerprint density at radius 2 is 2.04 bits per heavy atom. The van der Waals surface area contributed by atoms with Crippen molar-refractivity contribution < 1.29 is 14.3 Å². The molecule has 2 aromatic carbocycles. The molecule has 0 spiro atoms. The van der Waals surface area contributed by atoms with Gasteiger partial charge in [-0.05, 0) is 36.8 Å². The molecular weight excluding hydrogens is 328 g/mol. The molecule has 1 aliphatic rings. The first-order valence-corrected chi connectivity index (χ1v) is 8.47. The fraction of sp³-hybridized carbons (Fsp3) is 0.238. The van der Waals surface area contributed by atoms with Gasteiger partial charge in [0.1, 0.15) is 6.61 Å². The van der Waals surface area contributed by atoms with Crippen molar-refractivity contribution in [2.45, 2.75) is 13.3 Å². The average molecular weight is 348 g/mol. The van der Waals surface area contributed by atoms with E-state index < -0.39 is 0 Å². The predicted molar refractivity (Wildman–Crippen MR) is 99.9 cm³/mol. The summed E-state index contributed by atoms with van der Waals surface area (Å²) in [6.45, 7) is 3.29. The zero-order valence-corrected chi connectivity index (χ0v) is 14.6. The second-order valence-corrected chi connectivity index (χ2v) is 6.06. The Hall–Kier alpha value is -3.26. The molecule has 5 nitrogen and oxygen atoms in total. The van der Waals surface area contributed by atoms with Crippen LogP contribution in [0.3, 0.4) is 0 Å². The highest BCUT2D eigenvalue weighted by atomic mass is 16.6. The van der Waals surface area contributed by atoms with Crippen LogP contribution in [0.25, 0.3) is 0 Å². The molecule has 1 saturated heterocycles. The number of rotatable bonds is 4. The molecular formula is C21H20N2O3. The number of carbonyl (C=O) groups is 2. The second-order valence-electron chi connectivity index (χ2n) is 6.06. The molecule has 0 radical (unpaired) electrons. The minimum absolute atomic E-state index is 0.0483. The molecule has 0 aromatic heterocycles. The molecule has 1 fully saturated rings. The number of hydrogen-bond acceptors (Lipinski definition) is 3. The van der Waals surface area contributed by atoms with E-state index >= 15 is 0 Å². The predicted octanol–water partition coefficient (Wildman–Crippen LogP) is 2.66. The summed E-state index contributed by atoms with van der Waals surface area (Å²) in [7, 11) is 0. The minimum atomic E-state index is -0.319. The molecule has 0 aliphatic carbocycles. The van der Waals surface area contributed by atoms with E-state index in [9.17, 15) is 9.59 Å². The van der Waals surface area contributed by atoms with Crippen LogP contribution in [-0.4, -0.2) is 31.7 Å². The van der Waals surface area contributed by atoms with Gasteiger partial charge >= 0.3 is 6.09 Å². The molecule has 1 aliphatic heterocycles. The molecule has 0 unspecified atom stereocenters. The minimum Gasteiger partial charge on any atom is -0.447 e. The quantitative estimate of drug-likeness (QED) is 0.864. The van der Waals surface area contributed by atoms with Crippen LogP contribution < -0.4 is 10.2 Å². The van der Waals surface area contributed by atoms with E-state index in [1.807, 2.05) is 55.5 Å². The lowest BCUT2D eigenvalue weighted by Gasteiger charge is -2.11. The summed E-state index contributed by atoms with van der Waals surface area (Å²) in [5.74, 6) is 5.89. The monoisotopic (exact) mass is 348 g/mol. The highest BCUT2D eigenvalue weighted by Gasteiger charge is 2.23. The van der Waals surface area contributed by atoms with Crippen LogP contribution in [0.1, 0.15) is 16.7 Å². The third-order valence-corrected chi connectivity index (χ3v) is 3.99. The van der Waals surface area contributed by atoms with E-state index in [1.54, 1.807) is 4.90 Å². The van der Waals surface area contributed by atoms with Gasteiger partial charge in [-0.3, -0.25) is 9.69 Å². The van der Waals surface area contributed by atoms with Gasteiger partial charge in [0, 0.05) is 11.3 Å². The van der Waals surface area contributed by atoms with E-state index in [0.29, 0.717) is 26.1 Å². The van der Waals surface area contributed by atoms with Gasteiger partial charge < -0.3 is 10.1 Å². The normalized spacial score (nSPS) is 13.0. The van der Waals surface area contributed by atoms with Crippen LogP contribution in [0.15, 0.2) is 48.5 Å². The summed E-state index contributed by atoms with van der Waals surface area (Å²) in [5.41, 5.74) is 3.76. The van der Waals surface area contributed by atoms with Crippen molar-refractivity contribution in [1.82, 2.24) is 5.32 Å². The molecule has 0 atom stereocenters. The van der Waals surface area contributed by atoms with Crippen molar-refractivity contribution in [2.75, 3.05) is 24.6 Å². The van der Waals surface area contributed by atoms with Crippen molar-refractivity contribution in [3.8, 4) is 11.8 Å². The van der Waals surface area contributed by atoms with E-state index in [0.717, 1.165) is 22.4 Å². The second kappa shape index (κ2) is 8.21. The fourth-order valence-corrected chi connectivity index (χ4v) is 2.71. The first-order valence-electron chi connectivity index (χ1n) is 8.47. The number of carbonyl (C=O) groups excluding carboxylic acids is 2. The van der Waals surface area contributed by atoms with Gasteiger partial charge in [-0.25, -0.2) is 4.79 Å². The number of ether oxygens (including phenoxy) is 1. The van der Waals surface area contributed by atoms with Gasteiger partial charge in [-0.1, -0.05) is 41.7 Å². The molecule has 0 bridgehead atoms. The van der Waals surface area contributed by atoms with Crippen molar-refractivity contribution in [3.05, 3.63) is 65.2 Å². The molecule has 1 N–H and O–H groups in total. The maximum Gasteiger partial charge on any atom is 0.414 e. The zero-order chi connectivity index (χ0) is 18.4. The number of nitrogens with one attached hydrogen (secondary N) is 1. The average Bonchev–Trinajstić information content (AvgIpc) is 3.05. The summed E-state index contributed by atoms with van der Waals surface area (Å²) < 4.78 is 4.92. The third-order valence-electron chi connectivity index (χ3n) is 3.99. The maximum atomic E-state index is 11.9. The summed E-state index contributed by atoms with van der Waals surface area (Å²) in [5, 5.41) is 2.80. The Balaban J connectivity index is 1.48. The standard InChI is InChI=1S/C21H20N2O3/c1-16-4-2-5-18(14-16)15-20(24)22-11-3-6-17-7-9-19(10-8-17)23-12-13-26-21(23)25/h2,4-5,7-10,14H,11-13,15H2,1H3,(H,22,24). The zero-order valence-electron chi connectivity index (χ0n) is 14.6. The smallest absolute Gasteiger partial charge is 0.414 e. The molecule has 3 rings (SSSR count). The number of cyclic esters (lactones) is 1. The summed E-state index contributed by atoms with van der Waals surface area (Å²) in [4.78, 5) is 25.0. The van der Waals surface area contributed by atoms with Crippen molar-refractivity contribution in [1.29, 1.82) is 0 Å². The molecule has 5 heteroatoms. The first-order chi connectivity index (χ1) is 12.6. The lowest BCUT2D eigenvalue weighted by molar-refractivity contribution is -0.120. The lowest BCUT2D eigenvalue weighted by atomic mass is 10.1. The van der Waals surface area contributed by atoms with Crippen LogP contribution in [0, 0.1) is 18.8 Å². The first kappa shape index (κ1) is 17.6. The summed E-state index contributed by atoms with van der Waals surface area (Å²) in [6.07, 6.45) is 0.0319. The highest BCUT2D eigenvalue weighted by Crippen LogP contribution is 2.18. The van der Waals surface area contributed by atoms with E-state index in [1.165, 1.54) is 0 Å². The van der Waals surface area contributed by atoms with Gasteiger partial charge in [-0.2, -0.15) is 0 Å². The third kappa shape index (κ3) is 4.64. The van der Waals surface area contributed by atoms with Gasteiger partial charge in [0.2, 0.25) is 5.91 Å². The Kier molecular flexibility index (Phi) is 5.55. The molecule has 132 valence electrons. The van der Waals surface area contributed by atoms with Gasteiger partial charge in [0.15, 0.2) is 0 Å². The number of amides is 2. The van der Waals surface area contributed by atoms with Crippen molar-refractivity contribution in [3.63, 3.8) is 0 Å². The Bertz CT molecular complexity index is 863. The topological polar surface area (TPSA) is 58.6 Å². The number of anilines is 1. The fourth-order valence-electron chi connectivity index (χ4n) is 2.71. The molecule has 0 saturated carbocycles. The van der Waals surface area contributed by atoms with Crippen LogP contribution in [0.5, 0.6) is 0 Å². The Labute approximate surface area is 153 Å². The van der Waals surface area contributed by atoms with Crippen LogP contribution in [0.2, 0.25) is 0 Å². The van der Waals surface area contributed by atoms with Crippen molar-refractivity contribution in [2.24, 2.45) is 0 Å². The summed E-state index contributed by atoms with van der Waals surface area (Å²) >= 11 is 0. The van der Waals surface area contributed by atoms with E-state index in [2.05, 4.69) is 17.2 Å². The van der Waals surface area contributed by atoms with Crippen LogP contribution in [0.4, 0.5) is 10.5 Å². The number of aryl methyl sites for hydroxylation is 1. The SMILES string of the molecule is Cc1cccc(CC(=O)NCC#Cc2ccc(N3CCOC3=O)cc2)c1. The Morgan fingerprint density at radius 1 is 1.23 bits per heavy atom. The molecule has 2 amide bonds. The lowest BCUT2D eigenvalue weighted by Crippen LogP contribution is -2.25. The number of benzene rings is 2.